The number of anilines is 1. The summed E-state index contributed by atoms with van der Waals surface area (Å²) in [6.45, 7) is 3.54. The van der Waals surface area contributed by atoms with Crippen LogP contribution < -0.4 is 11.4 Å². The average Bonchev–Trinajstić information content (AvgIpc) is 2.52. The van der Waals surface area contributed by atoms with E-state index in [9.17, 15) is 9.18 Å². The van der Waals surface area contributed by atoms with E-state index in [4.69, 9.17) is 22.1 Å². The summed E-state index contributed by atoms with van der Waals surface area (Å²) in [7, 11) is 0. The predicted molar refractivity (Wildman–Crippen MR) is 66.0 cm³/mol. The van der Waals surface area contributed by atoms with Crippen LogP contribution in [0.5, 0.6) is 0 Å². The lowest BCUT2D eigenvalue weighted by atomic mass is 9.99. The van der Waals surface area contributed by atoms with Crippen molar-refractivity contribution in [1.82, 2.24) is 9.55 Å². The molecule has 2 N–H and O–H groups in total. The topological polar surface area (TPSA) is 70.1 Å². The summed E-state index contributed by atoms with van der Waals surface area (Å²) in [6, 6.07) is 1.40. The van der Waals surface area contributed by atoms with E-state index in [0.29, 0.717) is 6.42 Å². The molecule has 2 heterocycles. The van der Waals surface area contributed by atoms with E-state index >= 15 is 0 Å². The summed E-state index contributed by atoms with van der Waals surface area (Å²) in [6.07, 6.45) is 0.450. The van der Waals surface area contributed by atoms with E-state index in [-0.39, 0.29) is 11.9 Å². The highest BCUT2D eigenvalue weighted by atomic mass is 35.5. The number of nitrogens with zero attached hydrogens (tertiary/aromatic N) is 2. The number of hydrogen-bond donors (Lipinski definition) is 1. The van der Waals surface area contributed by atoms with Gasteiger partial charge in [-0.05, 0) is 12.5 Å². The van der Waals surface area contributed by atoms with Gasteiger partial charge in [-0.1, -0.05) is 25.4 Å². The molecule has 5 nitrogen and oxygen atoms in total. The average molecular weight is 276 g/mol. The second-order valence-electron chi connectivity index (χ2n) is 4.44. The normalized spacial score (nSPS) is 35.9. The van der Waals surface area contributed by atoms with Gasteiger partial charge in [0.25, 0.3) is 0 Å². The minimum Gasteiger partial charge on any atom is -0.383 e. The Kier molecular flexibility index (Phi) is 3.33. The molecule has 0 amide bonds. The van der Waals surface area contributed by atoms with E-state index in [1.807, 2.05) is 6.92 Å². The first kappa shape index (κ1) is 13.3. The van der Waals surface area contributed by atoms with Crippen LogP contribution in [0.1, 0.15) is 26.5 Å². The molecule has 0 radical (unpaired) electrons. The molecule has 0 aromatic carbocycles. The Morgan fingerprint density at radius 2 is 2.39 bits per heavy atom. The van der Waals surface area contributed by atoms with Gasteiger partial charge in [0.05, 0.1) is 6.10 Å². The van der Waals surface area contributed by atoms with Crippen LogP contribution in [0.4, 0.5) is 10.2 Å². The molecule has 0 bridgehead atoms. The molecule has 0 aliphatic carbocycles. The standard InChI is InChI=1S/C11H15ClFN3O2/c1-3-7-6(2)11(12,13)9(18-7)16-5-4-8(14)15-10(16)17/h4-7,9H,3H2,1-2H3,(H2,14,15,17)/t6-,7-,9-,11-/m1/s1. The molecule has 1 aromatic rings. The molecule has 2 rings (SSSR count). The fraction of sp³-hybridized carbons (Fsp3) is 0.636. The molecular weight excluding hydrogens is 261 g/mol. The lowest BCUT2D eigenvalue weighted by Crippen LogP contribution is -2.36. The molecule has 4 atom stereocenters. The summed E-state index contributed by atoms with van der Waals surface area (Å²) in [4.78, 5) is 15.2. The number of nitrogens with two attached hydrogens (primary N) is 1. The largest absolute Gasteiger partial charge is 0.383 e. The predicted octanol–water partition coefficient (Wildman–Crippen LogP) is 1.67. The molecule has 7 heteroatoms. The van der Waals surface area contributed by atoms with Crippen LogP contribution in [0.2, 0.25) is 0 Å². The summed E-state index contributed by atoms with van der Waals surface area (Å²) in [5.41, 5.74) is 4.71. The molecule has 18 heavy (non-hydrogen) atoms. The van der Waals surface area contributed by atoms with Crippen LogP contribution in [-0.4, -0.2) is 20.8 Å². The van der Waals surface area contributed by atoms with Crippen LogP contribution in [0.3, 0.4) is 0 Å². The fourth-order valence-corrected chi connectivity index (χ4v) is 2.45. The van der Waals surface area contributed by atoms with Gasteiger partial charge in [0.1, 0.15) is 5.82 Å². The zero-order valence-electron chi connectivity index (χ0n) is 10.1. The van der Waals surface area contributed by atoms with Crippen molar-refractivity contribution in [2.75, 3.05) is 5.73 Å². The Morgan fingerprint density at radius 3 is 2.89 bits per heavy atom. The van der Waals surface area contributed by atoms with Crippen molar-refractivity contribution in [2.45, 2.75) is 37.7 Å². The highest BCUT2D eigenvalue weighted by Gasteiger charge is 2.55. The highest BCUT2D eigenvalue weighted by molar-refractivity contribution is 6.23. The quantitative estimate of drug-likeness (QED) is 0.834. The second-order valence-corrected chi connectivity index (χ2v) is 5.02. The zero-order valence-corrected chi connectivity index (χ0v) is 10.9. The lowest BCUT2D eigenvalue weighted by Gasteiger charge is -2.23. The van der Waals surface area contributed by atoms with Crippen LogP contribution in [0, 0.1) is 5.92 Å². The van der Waals surface area contributed by atoms with Gasteiger partial charge >= 0.3 is 5.69 Å². The maximum atomic E-state index is 14.5. The molecule has 1 aliphatic heterocycles. The fourth-order valence-electron chi connectivity index (χ4n) is 2.15. The summed E-state index contributed by atoms with van der Waals surface area (Å²) < 4.78 is 21.1. The van der Waals surface area contributed by atoms with Crippen molar-refractivity contribution in [1.29, 1.82) is 0 Å². The first-order valence-corrected chi connectivity index (χ1v) is 6.13. The third kappa shape index (κ3) is 1.99. The van der Waals surface area contributed by atoms with Gasteiger partial charge in [-0.15, -0.1) is 0 Å². The molecule has 0 saturated carbocycles. The molecule has 100 valence electrons. The van der Waals surface area contributed by atoms with E-state index in [1.165, 1.54) is 12.3 Å². The van der Waals surface area contributed by atoms with Crippen LogP contribution in [0.25, 0.3) is 0 Å². The molecule has 1 saturated heterocycles. The van der Waals surface area contributed by atoms with Crippen molar-refractivity contribution in [3.8, 4) is 0 Å². The Hall–Kier alpha value is -1.14. The van der Waals surface area contributed by atoms with Gasteiger partial charge in [0, 0.05) is 12.1 Å². The van der Waals surface area contributed by atoms with Crippen LogP contribution >= 0.6 is 11.6 Å². The summed E-state index contributed by atoms with van der Waals surface area (Å²) in [5, 5.41) is -2.14. The first-order chi connectivity index (χ1) is 8.37. The molecule has 0 spiro atoms. The number of aromatic nitrogens is 2. The van der Waals surface area contributed by atoms with Gasteiger partial charge in [-0.3, -0.25) is 4.57 Å². The molecular formula is C11H15ClFN3O2. The SMILES string of the molecule is CC[C@H]1O[C@@H](n2ccc(N)nc2=O)[C@@](F)(Cl)[C@@H]1C. The van der Waals surface area contributed by atoms with E-state index in [2.05, 4.69) is 4.98 Å². The van der Waals surface area contributed by atoms with Crippen molar-refractivity contribution in [2.24, 2.45) is 5.92 Å². The van der Waals surface area contributed by atoms with Gasteiger partial charge in [-0.2, -0.15) is 4.98 Å². The number of rotatable bonds is 2. The number of hydrogen-bond acceptors (Lipinski definition) is 4. The number of alkyl halides is 2. The van der Waals surface area contributed by atoms with Gasteiger partial charge in [-0.25, -0.2) is 9.18 Å². The van der Waals surface area contributed by atoms with Crippen LogP contribution in [0.15, 0.2) is 17.1 Å². The molecule has 1 aliphatic rings. The van der Waals surface area contributed by atoms with E-state index in [0.717, 1.165) is 4.57 Å². The Balaban J connectivity index is 2.42. The summed E-state index contributed by atoms with van der Waals surface area (Å²) in [5.74, 6) is -0.438. The van der Waals surface area contributed by atoms with Crippen molar-refractivity contribution >= 4 is 17.4 Å². The molecule has 1 aromatic heterocycles. The Labute approximate surface area is 109 Å². The monoisotopic (exact) mass is 275 g/mol. The minimum atomic E-state index is -2.14. The maximum absolute atomic E-state index is 14.5. The van der Waals surface area contributed by atoms with Gasteiger partial charge in [0.2, 0.25) is 5.13 Å². The van der Waals surface area contributed by atoms with Gasteiger partial charge in [0.15, 0.2) is 6.23 Å². The molecule has 0 unspecified atom stereocenters. The lowest BCUT2D eigenvalue weighted by molar-refractivity contribution is -0.0321. The van der Waals surface area contributed by atoms with E-state index in [1.54, 1.807) is 6.92 Å². The summed E-state index contributed by atoms with van der Waals surface area (Å²) >= 11 is 5.89. The number of halogens is 2. The first-order valence-electron chi connectivity index (χ1n) is 5.75. The maximum Gasteiger partial charge on any atom is 0.351 e. The van der Waals surface area contributed by atoms with Gasteiger partial charge < -0.3 is 10.5 Å². The highest BCUT2D eigenvalue weighted by Crippen LogP contribution is 2.48. The zero-order chi connectivity index (χ0) is 13.5. The van der Waals surface area contributed by atoms with Crippen molar-refractivity contribution in [3.05, 3.63) is 22.7 Å². The third-order valence-corrected chi connectivity index (χ3v) is 3.84. The number of nitrogen functional groups attached to an aromatic ring is 1. The Bertz CT molecular complexity index is 505. The minimum absolute atomic E-state index is 0.0772. The van der Waals surface area contributed by atoms with E-state index < -0.39 is 23.0 Å². The van der Waals surface area contributed by atoms with Crippen molar-refractivity contribution < 1.29 is 9.13 Å². The second kappa shape index (κ2) is 4.51. The van der Waals surface area contributed by atoms with Crippen LogP contribution in [-0.2, 0) is 4.74 Å². The smallest absolute Gasteiger partial charge is 0.351 e. The van der Waals surface area contributed by atoms with Crippen molar-refractivity contribution in [3.63, 3.8) is 0 Å². The number of ether oxygens (including phenoxy) is 1. The molecule has 1 fully saturated rings. The Morgan fingerprint density at radius 1 is 1.72 bits per heavy atom. The third-order valence-electron chi connectivity index (χ3n) is 3.30.